The van der Waals surface area contributed by atoms with Gasteiger partial charge in [-0.05, 0) is 87.5 Å². The Balaban J connectivity index is 0.00000210. The van der Waals surface area contributed by atoms with Crippen molar-refractivity contribution >= 4 is 8.07 Å². The van der Waals surface area contributed by atoms with E-state index in [0.717, 1.165) is 41.0 Å². The fourth-order valence-electron chi connectivity index (χ4n) is 7.72. The molecule has 0 aromatic carbocycles. The maximum Gasteiger partial charge on any atom is 4.00 e. The summed E-state index contributed by atoms with van der Waals surface area (Å²) in [5, 5.41) is 3.77. The maximum absolute atomic E-state index is 3.77. The van der Waals surface area contributed by atoms with E-state index in [1.54, 1.807) is 38.5 Å². The SMILES string of the molecule is CC(C)(C)N[CH-][Si](C)(C)C1CC2C3CCCCC3C3CCCCC3C2C1.[CH3-].[CH3-].[CH3-].[Ti+4]. The second-order valence-electron chi connectivity index (χ2n) is 12.1. The smallest absolute Gasteiger partial charge is 0.467 e. The average molecular weight is 468 g/mol. The molecular formula is C27H53NSiTi. The molecule has 6 unspecified atom stereocenters. The van der Waals surface area contributed by atoms with Crippen molar-refractivity contribution in [2.24, 2.45) is 35.5 Å². The van der Waals surface area contributed by atoms with Crippen molar-refractivity contribution in [1.29, 1.82) is 0 Å². The van der Waals surface area contributed by atoms with Crippen molar-refractivity contribution in [3.8, 4) is 0 Å². The van der Waals surface area contributed by atoms with E-state index in [9.17, 15) is 0 Å². The van der Waals surface area contributed by atoms with Crippen molar-refractivity contribution in [2.45, 2.75) is 109 Å². The van der Waals surface area contributed by atoms with Crippen LogP contribution in [0.3, 0.4) is 0 Å². The van der Waals surface area contributed by atoms with Crippen LogP contribution in [0.2, 0.25) is 18.6 Å². The molecule has 0 aliphatic heterocycles. The van der Waals surface area contributed by atoms with Crippen LogP contribution >= 0.6 is 0 Å². The van der Waals surface area contributed by atoms with E-state index < -0.39 is 8.07 Å². The van der Waals surface area contributed by atoms with Crippen molar-refractivity contribution in [1.82, 2.24) is 5.32 Å². The molecule has 0 aromatic heterocycles. The van der Waals surface area contributed by atoms with Crippen LogP contribution in [0.25, 0.3) is 0 Å². The third-order valence-electron chi connectivity index (χ3n) is 8.99. The molecule has 1 N–H and O–H groups in total. The summed E-state index contributed by atoms with van der Waals surface area (Å²) in [5.41, 5.74) is 1.24. The Labute approximate surface area is 207 Å². The monoisotopic (exact) mass is 467 g/mol. The van der Waals surface area contributed by atoms with Gasteiger partial charge in [0.1, 0.15) is 0 Å². The second kappa shape index (κ2) is 11.8. The van der Waals surface area contributed by atoms with E-state index in [2.05, 4.69) is 45.4 Å². The van der Waals surface area contributed by atoms with Crippen molar-refractivity contribution in [3.63, 3.8) is 0 Å². The second-order valence-corrected chi connectivity index (χ2v) is 16.8. The molecule has 4 rings (SSSR count). The summed E-state index contributed by atoms with van der Waals surface area (Å²) in [7, 11) is -1.32. The number of hydrogen-bond donors (Lipinski definition) is 1. The van der Waals surface area contributed by atoms with Crippen LogP contribution in [0.5, 0.6) is 0 Å². The molecule has 0 aromatic rings. The van der Waals surface area contributed by atoms with Crippen LogP contribution in [0.15, 0.2) is 0 Å². The molecule has 0 spiro atoms. The van der Waals surface area contributed by atoms with E-state index in [0.29, 0.717) is 0 Å². The molecule has 4 aliphatic rings. The van der Waals surface area contributed by atoms with E-state index >= 15 is 0 Å². The minimum absolute atomic E-state index is 0. The molecule has 3 heteroatoms. The first-order valence-electron chi connectivity index (χ1n) is 11.9. The van der Waals surface area contributed by atoms with Crippen LogP contribution in [0.4, 0.5) is 0 Å². The molecule has 4 saturated carbocycles. The molecule has 30 heavy (non-hydrogen) atoms. The third kappa shape index (κ3) is 6.27. The zero-order valence-electron chi connectivity index (χ0n) is 21.7. The molecule has 4 fully saturated rings. The van der Waals surface area contributed by atoms with Crippen molar-refractivity contribution in [3.05, 3.63) is 28.4 Å². The molecule has 4 aliphatic carbocycles. The predicted octanol–water partition coefficient (Wildman–Crippen LogP) is 8.16. The summed E-state index contributed by atoms with van der Waals surface area (Å²) in [6.07, 6.45) is 18.2. The number of fused-ring (bicyclic) bond motifs is 6. The van der Waals surface area contributed by atoms with Gasteiger partial charge in [-0.15, -0.1) is 0 Å². The van der Waals surface area contributed by atoms with Gasteiger partial charge in [-0.25, -0.2) is 0 Å². The van der Waals surface area contributed by atoms with E-state index in [-0.39, 0.29) is 49.5 Å². The van der Waals surface area contributed by atoms with Crippen LogP contribution in [0, 0.1) is 64.0 Å². The van der Waals surface area contributed by atoms with E-state index in [1.165, 1.54) is 25.7 Å². The fraction of sp³-hybridized carbons (Fsp3) is 0.852. The Kier molecular flexibility index (Phi) is 12.2. The summed E-state index contributed by atoms with van der Waals surface area (Å²) in [5.74, 6) is 6.65. The van der Waals surface area contributed by atoms with Gasteiger partial charge in [-0.2, -0.15) is 0 Å². The fourth-order valence-corrected chi connectivity index (χ4v) is 10.5. The van der Waals surface area contributed by atoms with Crippen LogP contribution in [-0.4, -0.2) is 13.6 Å². The number of nitrogens with one attached hydrogen (secondary N) is 1. The van der Waals surface area contributed by atoms with Gasteiger partial charge in [0.25, 0.3) is 0 Å². The summed E-state index contributed by atoms with van der Waals surface area (Å²) in [6, 6.07) is 0. The third-order valence-corrected chi connectivity index (χ3v) is 12.5. The normalized spacial score (nSPS) is 37.7. The first-order chi connectivity index (χ1) is 12.3. The Bertz CT molecular complexity index is 470. The van der Waals surface area contributed by atoms with E-state index in [1.807, 2.05) is 0 Å². The van der Waals surface area contributed by atoms with Gasteiger partial charge >= 0.3 is 21.7 Å². The molecule has 0 saturated heterocycles. The standard InChI is InChI=1S/C24H44NSi.3CH3.Ti/c1-24(2,3)25-16-26(4,5)17-14-22-20-12-8-6-10-18(20)19-11-7-9-13-21(19)23(22)15-17;;;;/h16-23,25H,6-15H2,1-5H3;3*1H3;/q4*-1;+4. The molecular weight excluding hydrogens is 414 g/mol. The van der Waals surface area contributed by atoms with Gasteiger partial charge in [0, 0.05) is 0 Å². The Hall–Kier alpha value is 0.891. The molecule has 0 radical (unpaired) electrons. The first-order valence-corrected chi connectivity index (χ1v) is 15.0. The number of rotatable bonds is 3. The van der Waals surface area contributed by atoms with E-state index in [4.69, 9.17) is 0 Å². The summed E-state index contributed by atoms with van der Waals surface area (Å²) in [4.78, 5) is 0. The molecule has 1 nitrogen and oxygen atoms in total. The summed E-state index contributed by atoms with van der Waals surface area (Å²) in [6.45, 7) is 12.2. The zero-order chi connectivity index (χ0) is 18.5. The van der Waals surface area contributed by atoms with Crippen LogP contribution < -0.4 is 5.32 Å². The van der Waals surface area contributed by atoms with Gasteiger partial charge in [0.2, 0.25) is 0 Å². The largest absolute Gasteiger partial charge is 4.00 e. The molecule has 0 heterocycles. The van der Waals surface area contributed by atoms with Gasteiger partial charge in [-0.1, -0.05) is 65.2 Å². The molecule has 6 atom stereocenters. The quantitative estimate of drug-likeness (QED) is 0.326. The Morgan fingerprint density at radius 1 is 0.667 bits per heavy atom. The predicted molar refractivity (Wildman–Crippen MR) is 135 cm³/mol. The zero-order valence-corrected chi connectivity index (χ0v) is 24.3. The first kappa shape index (κ1) is 30.9. The minimum atomic E-state index is -1.32. The number of hydrogen-bond acceptors (Lipinski definition) is 1. The minimum Gasteiger partial charge on any atom is -0.467 e. The Morgan fingerprint density at radius 3 is 1.33 bits per heavy atom. The Morgan fingerprint density at radius 2 is 1.00 bits per heavy atom. The summed E-state index contributed by atoms with van der Waals surface area (Å²) < 4.78 is 0. The van der Waals surface area contributed by atoms with Crippen LogP contribution in [0.1, 0.15) is 85.0 Å². The van der Waals surface area contributed by atoms with Gasteiger partial charge in [0.15, 0.2) is 0 Å². The molecule has 0 bridgehead atoms. The average Bonchev–Trinajstić information content (AvgIpc) is 3.07. The maximum atomic E-state index is 3.77. The van der Waals surface area contributed by atoms with Crippen molar-refractivity contribution in [2.75, 3.05) is 0 Å². The molecule has 174 valence electrons. The van der Waals surface area contributed by atoms with Gasteiger partial charge in [0.05, 0.1) is 0 Å². The van der Waals surface area contributed by atoms with Crippen LogP contribution in [-0.2, 0) is 21.7 Å². The van der Waals surface area contributed by atoms with Crippen molar-refractivity contribution < 1.29 is 21.7 Å². The van der Waals surface area contributed by atoms with Gasteiger partial charge in [-0.3, -0.25) is 6.17 Å². The topological polar surface area (TPSA) is 12.0 Å². The summed E-state index contributed by atoms with van der Waals surface area (Å²) >= 11 is 0. The molecule has 0 amide bonds. The van der Waals surface area contributed by atoms with Gasteiger partial charge < -0.3 is 27.6 Å².